The smallest absolute Gasteiger partial charge is 0.261 e. The number of benzene rings is 1. The molecule has 3 heterocycles. The first-order valence-electron chi connectivity index (χ1n) is 8.39. The lowest BCUT2D eigenvalue weighted by atomic mass is 9.99. The molecule has 1 aliphatic carbocycles. The Bertz CT molecular complexity index is 1010. The van der Waals surface area contributed by atoms with E-state index in [1.807, 2.05) is 30.3 Å². The lowest BCUT2D eigenvalue weighted by Crippen LogP contribution is -2.34. The number of H-pyrrole nitrogens is 1. The van der Waals surface area contributed by atoms with E-state index in [1.54, 1.807) is 6.20 Å². The van der Waals surface area contributed by atoms with Gasteiger partial charge in [-0.2, -0.15) is 10.1 Å². The summed E-state index contributed by atoms with van der Waals surface area (Å²) in [6.45, 7) is 0. The van der Waals surface area contributed by atoms with Crippen molar-refractivity contribution in [1.29, 1.82) is 0 Å². The van der Waals surface area contributed by atoms with Crippen LogP contribution in [0.4, 0.5) is 0 Å². The van der Waals surface area contributed by atoms with Gasteiger partial charge in [-0.3, -0.25) is 5.10 Å². The molecule has 1 saturated carbocycles. The van der Waals surface area contributed by atoms with Gasteiger partial charge in [-0.05, 0) is 25.0 Å². The largest absolute Gasteiger partial charge is 0.454 e. The van der Waals surface area contributed by atoms with Crippen LogP contribution < -0.4 is 5.73 Å². The molecule has 7 nitrogen and oxygen atoms in total. The van der Waals surface area contributed by atoms with Crippen LogP contribution in [0.5, 0.6) is 0 Å². The number of nitrogens with one attached hydrogen (secondary N) is 1. The lowest BCUT2D eigenvalue weighted by Gasteiger charge is -2.17. The van der Waals surface area contributed by atoms with Crippen molar-refractivity contribution in [2.24, 2.45) is 5.73 Å². The summed E-state index contributed by atoms with van der Waals surface area (Å²) in [6, 6.07) is 9.81. The van der Waals surface area contributed by atoms with Crippen LogP contribution in [0, 0.1) is 0 Å². The Morgan fingerprint density at radius 2 is 2.00 bits per heavy atom. The Morgan fingerprint density at radius 3 is 2.84 bits per heavy atom. The number of fused-ring (bicyclic) bond motifs is 1. The van der Waals surface area contributed by atoms with E-state index in [0.29, 0.717) is 28.7 Å². The van der Waals surface area contributed by atoms with Gasteiger partial charge >= 0.3 is 0 Å². The van der Waals surface area contributed by atoms with E-state index in [2.05, 4.69) is 20.3 Å². The highest BCUT2D eigenvalue weighted by Gasteiger charge is 2.36. The van der Waals surface area contributed by atoms with Crippen molar-refractivity contribution in [3.8, 4) is 22.9 Å². The van der Waals surface area contributed by atoms with Crippen LogP contribution in [-0.4, -0.2) is 20.3 Å². The van der Waals surface area contributed by atoms with E-state index in [0.717, 1.165) is 36.7 Å². The van der Waals surface area contributed by atoms with Gasteiger partial charge in [-0.1, -0.05) is 36.2 Å². The molecule has 1 aromatic carbocycles. The molecule has 1 fully saturated rings. The minimum atomic E-state index is -0.481. The standard InChI is InChI=1S/C18H17N5O2/c19-18(7-3-4-8-18)17-21-16(25-23-17)12-10-20-22-15(12)14-9-11-5-1-2-6-13(11)24-14/h1-2,5-6,9-10H,3-4,7-8,19H2,(H,20,22). The van der Waals surface area contributed by atoms with Crippen molar-refractivity contribution < 1.29 is 8.94 Å². The molecule has 126 valence electrons. The normalized spacial score (nSPS) is 16.7. The summed E-state index contributed by atoms with van der Waals surface area (Å²) >= 11 is 0. The number of aromatic nitrogens is 4. The van der Waals surface area contributed by atoms with Crippen LogP contribution in [0.2, 0.25) is 0 Å². The molecule has 0 spiro atoms. The van der Waals surface area contributed by atoms with Crippen LogP contribution in [0.25, 0.3) is 33.9 Å². The number of nitrogens with two attached hydrogens (primary N) is 1. The second-order valence-electron chi connectivity index (χ2n) is 6.59. The average Bonchev–Trinajstić information content (AvgIpc) is 3.38. The van der Waals surface area contributed by atoms with Gasteiger partial charge in [0.1, 0.15) is 11.3 Å². The summed E-state index contributed by atoms with van der Waals surface area (Å²) in [5.41, 5.74) is 8.17. The highest BCUT2D eigenvalue weighted by atomic mass is 16.5. The Hall–Kier alpha value is -2.93. The summed E-state index contributed by atoms with van der Waals surface area (Å²) in [6.07, 6.45) is 5.62. The molecule has 1 aliphatic rings. The quantitative estimate of drug-likeness (QED) is 0.592. The van der Waals surface area contributed by atoms with E-state index < -0.39 is 5.54 Å². The molecule has 25 heavy (non-hydrogen) atoms. The van der Waals surface area contributed by atoms with Crippen LogP contribution in [0.15, 0.2) is 45.5 Å². The fraction of sp³-hybridized carbons (Fsp3) is 0.278. The van der Waals surface area contributed by atoms with Gasteiger partial charge in [0.25, 0.3) is 5.89 Å². The summed E-state index contributed by atoms with van der Waals surface area (Å²) in [4.78, 5) is 4.54. The monoisotopic (exact) mass is 335 g/mol. The van der Waals surface area contributed by atoms with Crippen LogP contribution >= 0.6 is 0 Å². The average molecular weight is 335 g/mol. The molecule has 7 heteroatoms. The Kier molecular flexibility index (Phi) is 3.05. The number of nitrogens with zero attached hydrogens (tertiary/aromatic N) is 3. The number of furan rings is 1. The van der Waals surface area contributed by atoms with Crippen molar-refractivity contribution in [3.63, 3.8) is 0 Å². The maximum Gasteiger partial charge on any atom is 0.261 e. The Balaban J connectivity index is 1.56. The van der Waals surface area contributed by atoms with Gasteiger partial charge in [0.15, 0.2) is 11.6 Å². The zero-order valence-corrected chi connectivity index (χ0v) is 13.5. The number of para-hydroxylation sites is 1. The molecule has 0 radical (unpaired) electrons. The zero-order chi connectivity index (χ0) is 16.9. The number of aromatic amines is 1. The van der Waals surface area contributed by atoms with Crippen molar-refractivity contribution in [2.45, 2.75) is 31.2 Å². The van der Waals surface area contributed by atoms with E-state index in [-0.39, 0.29) is 0 Å². The maximum atomic E-state index is 6.42. The number of hydrogen-bond donors (Lipinski definition) is 2. The minimum Gasteiger partial charge on any atom is -0.454 e. The van der Waals surface area contributed by atoms with Crippen LogP contribution in [-0.2, 0) is 5.54 Å². The third-order valence-electron chi connectivity index (χ3n) is 4.91. The molecule has 0 bridgehead atoms. The summed E-state index contributed by atoms with van der Waals surface area (Å²) < 4.78 is 11.4. The second kappa shape index (κ2) is 5.29. The third-order valence-corrected chi connectivity index (χ3v) is 4.91. The van der Waals surface area contributed by atoms with E-state index in [9.17, 15) is 0 Å². The molecule has 0 amide bonds. The molecule has 4 aromatic rings. The molecule has 3 aromatic heterocycles. The topological polar surface area (TPSA) is 107 Å². The zero-order valence-electron chi connectivity index (χ0n) is 13.5. The second-order valence-corrected chi connectivity index (χ2v) is 6.59. The van der Waals surface area contributed by atoms with E-state index in [1.165, 1.54) is 0 Å². The molecule has 5 rings (SSSR count). The summed E-state index contributed by atoms with van der Waals surface area (Å²) in [5.74, 6) is 1.64. The van der Waals surface area contributed by atoms with Crippen molar-refractivity contribution in [2.75, 3.05) is 0 Å². The van der Waals surface area contributed by atoms with Gasteiger partial charge in [0.05, 0.1) is 17.3 Å². The first-order valence-corrected chi connectivity index (χ1v) is 8.39. The molecule has 0 atom stereocenters. The van der Waals surface area contributed by atoms with Gasteiger partial charge in [-0.15, -0.1) is 0 Å². The van der Waals surface area contributed by atoms with Gasteiger partial charge in [0, 0.05) is 5.39 Å². The van der Waals surface area contributed by atoms with Crippen molar-refractivity contribution in [1.82, 2.24) is 20.3 Å². The predicted octanol–water partition coefficient (Wildman–Crippen LogP) is 3.60. The molecular weight excluding hydrogens is 318 g/mol. The van der Waals surface area contributed by atoms with Crippen LogP contribution in [0.3, 0.4) is 0 Å². The van der Waals surface area contributed by atoms with Gasteiger partial charge < -0.3 is 14.7 Å². The van der Waals surface area contributed by atoms with Crippen molar-refractivity contribution in [3.05, 3.63) is 42.4 Å². The maximum absolute atomic E-state index is 6.42. The fourth-order valence-corrected chi connectivity index (χ4v) is 3.51. The summed E-state index contributed by atoms with van der Waals surface area (Å²) in [7, 11) is 0. The highest BCUT2D eigenvalue weighted by Crippen LogP contribution is 2.37. The minimum absolute atomic E-state index is 0.399. The molecule has 0 aliphatic heterocycles. The van der Waals surface area contributed by atoms with Crippen LogP contribution in [0.1, 0.15) is 31.5 Å². The first-order chi connectivity index (χ1) is 12.2. The number of rotatable bonds is 3. The Labute approximate surface area is 143 Å². The van der Waals surface area contributed by atoms with E-state index >= 15 is 0 Å². The number of hydrogen-bond acceptors (Lipinski definition) is 6. The summed E-state index contributed by atoms with van der Waals surface area (Å²) in [5, 5.41) is 12.2. The molecule has 3 N–H and O–H groups in total. The third kappa shape index (κ3) is 2.27. The fourth-order valence-electron chi connectivity index (χ4n) is 3.51. The Morgan fingerprint density at radius 1 is 1.16 bits per heavy atom. The lowest BCUT2D eigenvalue weighted by molar-refractivity contribution is 0.372. The van der Waals surface area contributed by atoms with Gasteiger partial charge in [-0.25, -0.2) is 0 Å². The molecule has 0 unspecified atom stereocenters. The predicted molar refractivity (Wildman–Crippen MR) is 91.4 cm³/mol. The highest BCUT2D eigenvalue weighted by molar-refractivity contribution is 5.85. The van der Waals surface area contributed by atoms with E-state index in [4.69, 9.17) is 14.7 Å². The molecular formula is C18H17N5O2. The van der Waals surface area contributed by atoms with Gasteiger partial charge in [0.2, 0.25) is 0 Å². The van der Waals surface area contributed by atoms with Crippen molar-refractivity contribution >= 4 is 11.0 Å². The molecule has 0 saturated heterocycles. The SMILES string of the molecule is NC1(c2noc(-c3cn[nH]c3-c3cc4ccccc4o3)n2)CCCC1. The first kappa shape index (κ1) is 14.4.